The van der Waals surface area contributed by atoms with Crippen molar-refractivity contribution in [2.75, 3.05) is 20.8 Å². The van der Waals surface area contributed by atoms with Crippen LogP contribution in [0.4, 0.5) is 0 Å². The number of amides is 2. The fourth-order valence-corrected chi connectivity index (χ4v) is 5.06. The molecule has 2 aromatic carbocycles. The van der Waals surface area contributed by atoms with Gasteiger partial charge in [-0.05, 0) is 66.1 Å². The Balaban J connectivity index is 1.69. The van der Waals surface area contributed by atoms with Crippen molar-refractivity contribution >= 4 is 11.8 Å². The van der Waals surface area contributed by atoms with Crippen LogP contribution in [-0.4, -0.2) is 43.5 Å². The van der Waals surface area contributed by atoms with Gasteiger partial charge >= 0.3 is 0 Å². The van der Waals surface area contributed by atoms with Gasteiger partial charge in [0, 0.05) is 12.6 Å². The SMILES string of the molecule is COc1ccc(CCN(C(=O)c2ccco2)[C@H](C(=O)NC2CCCC2)c2ccc(C(C)C)cc2)cc1OC. The first-order valence-corrected chi connectivity index (χ1v) is 13.4. The number of nitrogens with zero attached hydrogens (tertiary/aromatic N) is 1. The van der Waals surface area contributed by atoms with Crippen molar-refractivity contribution in [2.45, 2.75) is 64.0 Å². The van der Waals surface area contributed by atoms with Crippen LogP contribution in [0.15, 0.2) is 65.3 Å². The van der Waals surface area contributed by atoms with Crippen LogP contribution in [0.25, 0.3) is 0 Å². The average molecular weight is 519 g/mol. The van der Waals surface area contributed by atoms with E-state index in [4.69, 9.17) is 13.9 Å². The minimum absolute atomic E-state index is 0.131. The van der Waals surface area contributed by atoms with Gasteiger partial charge in [-0.15, -0.1) is 0 Å². The molecule has 1 aromatic heterocycles. The molecule has 1 fully saturated rings. The molecule has 0 bridgehead atoms. The van der Waals surface area contributed by atoms with Gasteiger partial charge in [-0.3, -0.25) is 9.59 Å². The van der Waals surface area contributed by atoms with Crippen molar-refractivity contribution < 1.29 is 23.5 Å². The Labute approximate surface area is 225 Å². The maximum Gasteiger partial charge on any atom is 0.290 e. The lowest BCUT2D eigenvalue weighted by atomic mass is 9.97. The zero-order valence-corrected chi connectivity index (χ0v) is 22.7. The molecule has 0 radical (unpaired) electrons. The van der Waals surface area contributed by atoms with Crippen molar-refractivity contribution in [2.24, 2.45) is 0 Å². The average Bonchev–Trinajstić information content (AvgIpc) is 3.65. The molecule has 1 saturated carbocycles. The summed E-state index contributed by atoms with van der Waals surface area (Å²) in [6.45, 7) is 4.58. The third-order valence-corrected chi connectivity index (χ3v) is 7.26. The van der Waals surface area contributed by atoms with Crippen molar-refractivity contribution in [1.82, 2.24) is 10.2 Å². The number of rotatable bonds is 11. The van der Waals surface area contributed by atoms with Crippen LogP contribution in [0.5, 0.6) is 11.5 Å². The van der Waals surface area contributed by atoms with Gasteiger partial charge in [-0.25, -0.2) is 0 Å². The Bertz CT molecular complexity index is 1200. The second-order valence-electron chi connectivity index (χ2n) is 10.1. The van der Waals surface area contributed by atoms with E-state index in [-0.39, 0.29) is 23.6 Å². The van der Waals surface area contributed by atoms with E-state index in [2.05, 4.69) is 19.2 Å². The summed E-state index contributed by atoms with van der Waals surface area (Å²) in [5.74, 6) is 1.33. The maximum atomic E-state index is 13.9. The quantitative estimate of drug-likeness (QED) is 0.342. The Morgan fingerprint density at radius 3 is 2.26 bits per heavy atom. The summed E-state index contributed by atoms with van der Waals surface area (Å²) in [5.41, 5.74) is 2.92. The van der Waals surface area contributed by atoms with Gasteiger partial charge in [0.1, 0.15) is 6.04 Å². The second-order valence-corrected chi connectivity index (χ2v) is 10.1. The summed E-state index contributed by atoms with van der Waals surface area (Å²) in [4.78, 5) is 29.3. The number of hydrogen-bond acceptors (Lipinski definition) is 5. The molecular weight excluding hydrogens is 480 g/mol. The molecule has 1 aliphatic rings. The van der Waals surface area contributed by atoms with E-state index in [1.165, 1.54) is 11.8 Å². The van der Waals surface area contributed by atoms with Crippen LogP contribution < -0.4 is 14.8 Å². The summed E-state index contributed by atoms with van der Waals surface area (Å²) >= 11 is 0. The van der Waals surface area contributed by atoms with Crippen LogP contribution in [-0.2, 0) is 11.2 Å². The highest BCUT2D eigenvalue weighted by molar-refractivity contribution is 5.96. The number of nitrogens with one attached hydrogen (secondary N) is 1. The smallest absolute Gasteiger partial charge is 0.290 e. The number of furan rings is 1. The Kier molecular flexibility index (Phi) is 9.10. The van der Waals surface area contributed by atoms with Crippen molar-refractivity contribution in [3.8, 4) is 11.5 Å². The fraction of sp³-hybridized carbons (Fsp3) is 0.419. The standard InChI is InChI=1S/C31H38N2O5/c1-21(2)23-12-14-24(15-13-23)29(30(34)32-25-8-5-6-9-25)33(31(35)27-10-7-19-38-27)18-17-22-11-16-26(36-3)28(20-22)37-4/h7,10-16,19-21,25,29H,5-6,8-9,17-18H2,1-4H3,(H,32,34)/t29-/m0/s1. The first kappa shape index (κ1) is 27.3. The summed E-state index contributed by atoms with van der Waals surface area (Å²) in [7, 11) is 3.19. The van der Waals surface area contributed by atoms with Crippen molar-refractivity contribution in [3.05, 3.63) is 83.3 Å². The largest absolute Gasteiger partial charge is 0.493 e. The molecule has 38 heavy (non-hydrogen) atoms. The number of ether oxygens (including phenoxy) is 2. The van der Waals surface area contributed by atoms with E-state index >= 15 is 0 Å². The second kappa shape index (κ2) is 12.7. The fourth-order valence-electron chi connectivity index (χ4n) is 5.06. The van der Waals surface area contributed by atoms with Gasteiger partial charge < -0.3 is 24.1 Å². The van der Waals surface area contributed by atoms with E-state index < -0.39 is 6.04 Å². The molecule has 1 atom stereocenters. The zero-order valence-electron chi connectivity index (χ0n) is 22.7. The molecule has 0 saturated heterocycles. The van der Waals surface area contributed by atoms with Crippen molar-refractivity contribution in [1.29, 1.82) is 0 Å². The first-order chi connectivity index (χ1) is 18.4. The van der Waals surface area contributed by atoms with Crippen LogP contribution >= 0.6 is 0 Å². The molecule has 4 rings (SSSR count). The number of benzene rings is 2. The van der Waals surface area contributed by atoms with Gasteiger partial charge in [-0.2, -0.15) is 0 Å². The third kappa shape index (κ3) is 6.39. The lowest BCUT2D eigenvalue weighted by molar-refractivity contribution is -0.126. The number of hydrogen-bond donors (Lipinski definition) is 1. The molecule has 1 aliphatic carbocycles. The van der Waals surface area contributed by atoms with Crippen LogP contribution in [0.1, 0.15) is 78.7 Å². The first-order valence-electron chi connectivity index (χ1n) is 13.4. The highest BCUT2D eigenvalue weighted by Gasteiger charge is 2.34. The van der Waals surface area contributed by atoms with Crippen molar-refractivity contribution in [3.63, 3.8) is 0 Å². The predicted octanol–water partition coefficient (Wildman–Crippen LogP) is 5.91. The van der Waals surface area contributed by atoms with E-state index in [1.807, 2.05) is 42.5 Å². The maximum absolute atomic E-state index is 13.9. The van der Waals surface area contributed by atoms with Gasteiger partial charge in [0.15, 0.2) is 17.3 Å². The monoisotopic (exact) mass is 518 g/mol. The van der Waals surface area contributed by atoms with Gasteiger partial charge in [0.2, 0.25) is 5.91 Å². The molecule has 0 spiro atoms. The van der Waals surface area contributed by atoms with Gasteiger partial charge in [-0.1, -0.05) is 57.0 Å². The summed E-state index contributed by atoms with van der Waals surface area (Å²) in [6.07, 6.45) is 6.12. The summed E-state index contributed by atoms with van der Waals surface area (Å²) < 4.78 is 16.3. The van der Waals surface area contributed by atoms with Gasteiger partial charge in [0.05, 0.1) is 20.5 Å². The molecule has 2 amide bonds. The minimum Gasteiger partial charge on any atom is -0.493 e. The summed E-state index contributed by atoms with van der Waals surface area (Å²) in [5, 5.41) is 3.23. The lowest BCUT2D eigenvalue weighted by Gasteiger charge is -2.32. The normalized spacial score (nSPS) is 14.3. The van der Waals surface area contributed by atoms with E-state index in [9.17, 15) is 9.59 Å². The van der Waals surface area contributed by atoms with Crippen LogP contribution in [0, 0.1) is 0 Å². The number of methoxy groups -OCH3 is 2. The zero-order chi connectivity index (χ0) is 27.1. The van der Waals surface area contributed by atoms with Gasteiger partial charge in [0.25, 0.3) is 5.91 Å². The lowest BCUT2D eigenvalue weighted by Crippen LogP contribution is -2.46. The summed E-state index contributed by atoms with van der Waals surface area (Å²) in [6, 6.07) is 16.4. The third-order valence-electron chi connectivity index (χ3n) is 7.26. The van der Waals surface area contributed by atoms with Crippen LogP contribution in [0.3, 0.4) is 0 Å². The molecule has 202 valence electrons. The molecule has 1 N–H and O–H groups in total. The highest BCUT2D eigenvalue weighted by atomic mass is 16.5. The van der Waals surface area contributed by atoms with E-state index in [0.717, 1.165) is 36.8 Å². The minimum atomic E-state index is -0.797. The molecular formula is C31H38N2O5. The number of carbonyl (C=O) groups excluding carboxylic acids is 2. The molecule has 3 aromatic rings. The molecule has 0 aliphatic heterocycles. The van der Waals surface area contributed by atoms with E-state index in [1.54, 1.807) is 31.3 Å². The Morgan fingerprint density at radius 1 is 0.974 bits per heavy atom. The Hall–Kier alpha value is -3.74. The highest BCUT2D eigenvalue weighted by Crippen LogP contribution is 2.30. The molecule has 7 nitrogen and oxygen atoms in total. The number of carbonyl (C=O) groups is 2. The topological polar surface area (TPSA) is 81.0 Å². The Morgan fingerprint density at radius 2 is 1.66 bits per heavy atom. The van der Waals surface area contributed by atoms with E-state index in [0.29, 0.717) is 30.4 Å². The predicted molar refractivity (Wildman–Crippen MR) is 147 cm³/mol. The molecule has 0 unspecified atom stereocenters. The molecule has 7 heteroatoms. The van der Waals surface area contributed by atoms with Crippen LogP contribution in [0.2, 0.25) is 0 Å². The molecule has 1 heterocycles.